The predicted octanol–water partition coefficient (Wildman–Crippen LogP) is 4.42. The third kappa shape index (κ3) is 4.28. The van der Waals surface area contributed by atoms with E-state index in [9.17, 15) is 9.59 Å². The van der Waals surface area contributed by atoms with Crippen LogP contribution in [0.3, 0.4) is 0 Å². The molecule has 2 aromatic carbocycles. The minimum atomic E-state index is -0.804. The van der Waals surface area contributed by atoms with E-state index in [-0.39, 0.29) is 5.91 Å². The standard InChI is InChI=1S/C21H20ClNO5/c1-4-13-9-20(24)28-19-11-15(6-7-16(13)19)27-12(2)21(25)23-17-10-14(22)5-8-18(17)26-3/h5-12H,4H2,1-3H3,(H,23,25). The Bertz CT molecular complexity index is 1080. The normalized spacial score (nSPS) is 11.9. The summed E-state index contributed by atoms with van der Waals surface area (Å²) >= 11 is 5.99. The molecule has 7 heteroatoms. The fraction of sp³-hybridized carbons (Fsp3) is 0.238. The monoisotopic (exact) mass is 401 g/mol. The second-order valence-electron chi connectivity index (χ2n) is 6.20. The molecule has 1 N–H and O–H groups in total. The number of carbonyl (C=O) groups is 1. The van der Waals surface area contributed by atoms with Crippen molar-refractivity contribution in [3.05, 3.63) is 63.5 Å². The van der Waals surface area contributed by atoms with Crippen molar-refractivity contribution in [1.29, 1.82) is 0 Å². The van der Waals surface area contributed by atoms with Gasteiger partial charge in [-0.3, -0.25) is 4.79 Å². The van der Waals surface area contributed by atoms with Crippen molar-refractivity contribution in [2.45, 2.75) is 26.4 Å². The molecular weight excluding hydrogens is 382 g/mol. The average Bonchev–Trinajstić information content (AvgIpc) is 2.67. The quantitative estimate of drug-likeness (QED) is 0.618. The number of anilines is 1. The number of benzene rings is 2. The van der Waals surface area contributed by atoms with E-state index in [1.165, 1.54) is 13.2 Å². The number of aryl methyl sites for hydroxylation is 1. The number of nitrogens with one attached hydrogen (secondary N) is 1. The van der Waals surface area contributed by atoms with Crippen LogP contribution in [0.15, 0.2) is 51.7 Å². The number of amides is 1. The molecule has 0 saturated carbocycles. The van der Waals surface area contributed by atoms with Gasteiger partial charge in [-0.1, -0.05) is 18.5 Å². The van der Waals surface area contributed by atoms with Crippen LogP contribution in [0.1, 0.15) is 19.4 Å². The molecule has 1 atom stereocenters. The second-order valence-corrected chi connectivity index (χ2v) is 6.63. The number of ether oxygens (including phenoxy) is 2. The first-order valence-corrected chi connectivity index (χ1v) is 9.17. The van der Waals surface area contributed by atoms with Crippen molar-refractivity contribution < 1.29 is 18.7 Å². The summed E-state index contributed by atoms with van der Waals surface area (Å²) in [5, 5.41) is 4.06. The summed E-state index contributed by atoms with van der Waals surface area (Å²) in [7, 11) is 1.51. The summed E-state index contributed by atoms with van der Waals surface area (Å²) in [5.74, 6) is 0.540. The minimum Gasteiger partial charge on any atom is -0.495 e. The van der Waals surface area contributed by atoms with Crippen molar-refractivity contribution in [2.75, 3.05) is 12.4 Å². The van der Waals surface area contributed by atoms with Gasteiger partial charge in [0.25, 0.3) is 5.91 Å². The lowest BCUT2D eigenvalue weighted by Gasteiger charge is -2.16. The Morgan fingerprint density at radius 3 is 2.71 bits per heavy atom. The van der Waals surface area contributed by atoms with E-state index >= 15 is 0 Å². The zero-order chi connectivity index (χ0) is 20.3. The van der Waals surface area contributed by atoms with E-state index < -0.39 is 11.7 Å². The van der Waals surface area contributed by atoms with Gasteiger partial charge < -0.3 is 19.2 Å². The highest BCUT2D eigenvalue weighted by Gasteiger charge is 2.18. The number of methoxy groups -OCH3 is 1. The molecule has 1 unspecified atom stereocenters. The lowest BCUT2D eigenvalue weighted by molar-refractivity contribution is -0.122. The molecule has 0 aliphatic rings. The van der Waals surface area contributed by atoms with Gasteiger partial charge >= 0.3 is 5.63 Å². The van der Waals surface area contributed by atoms with Gasteiger partial charge in [0.1, 0.15) is 17.1 Å². The molecule has 0 bridgehead atoms. The number of fused-ring (bicyclic) bond motifs is 1. The van der Waals surface area contributed by atoms with E-state index in [2.05, 4.69) is 5.32 Å². The van der Waals surface area contributed by atoms with E-state index in [1.807, 2.05) is 13.0 Å². The third-order valence-corrected chi connectivity index (χ3v) is 4.52. The fourth-order valence-corrected chi connectivity index (χ4v) is 3.02. The summed E-state index contributed by atoms with van der Waals surface area (Å²) in [5.41, 5.74) is 1.36. The Kier molecular flexibility index (Phi) is 5.90. The van der Waals surface area contributed by atoms with Gasteiger partial charge in [-0.05, 0) is 49.2 Å². The Labute approximate surface area is 167 Å². The third-order valence-electron chi connectivity index (χ3n) is 4.28. The molecule has 3 aromatic rings. The predicted molar refractivity (Wildman–Crippen MR) is 109 cm³/mol. The van der Waals surface area contributed by atoms with Crippen LogP contribution in [0.4, 0.5) is 5.69 Å². The fourth-order valence-electron chi connectivity index (χ4n) is 2.85. The first-order valence-electron chi connectivity index (χ1n) is 8.79. The summed E-state index contributed by atoms with van der Waals surface area (Å²) in [6.07, 6.45) is -0.0926. The maximum absolute atomic E-state index is 12.5. The number of carbonyl (C=O) groups excluding carboxylic acids is 1. The van der Waals surface area contributed by atoms with Crippen LogP contribution in [-0.2, 0) is 11.2 Å². The van der Waals surface area contributed by atoms with Crippen molar-refractivity contribution in [3.8, 4) is 11.5 Å². The van der Waals surface area contributed by atoms with Gasteiger partial charge in [-0.2, -0.15) is 0 Å². The van der Waals surface area contributed by atoms with Gasteiger partial charge in [0.05, 0.1) is 12.8 Å². The highest BCUT2D eigenvalue weighted by Crippen LogP contribution is 2.28. The summed E-state index contributed by atoms with van der Waals surface area (Å²) < 4.78 is 16.2. The Morgan fingerprint density at radius 1 is 1.21 bits per heavy atom. The second kappa shape index (κ2) is 8.35. The number of rotatable bonds is 6. The van der Waals surface area contributed by atoms with Crippen molar-refractivity contribution in [1.82, 2.24) is 0 Å². The molecular formula is C21H20ClNO5. The summed E-state index contributed by atoms with van der Waals surface area (Å²) in [6, 6.07) is 11.6. The van der Waals surface area contributed by atoms with E-state index in [0.717, 1.165) is 10.9 Å². The van der Waals surface area contributed by atoms with Crippen molar-refractivity contribution in [2.24, 2.45) is 0 Å². The van der Waals surface area contributed by atoms with Crippen molar-refractivity contribution >= 4 is 34.2 Å². The van der Waals surface area contributed by atoms with Crippen LogP contribution in [0, 0.1) is 0 Å². The largest absolute Gasteiger partial charge is 0.495 e. The zero-order valence-electron chi connectivity index (χ0n) is 15.7. The summed E-state index contributed by atoms with van der Waals surface area (Å²) in [6.45, 7) is 3.59. The van der Waals surface area contributed by atoms with Gasteiger partial charge in [0.2, 0.25) is 0 Å². The molecule has 0 radical (unpaired) electrons. The van der Waals surface area contributed by atoms with Gasteiger partial charge in [-0.25, -0.2) is 4.79 Å². The zero-order valence-corrected chi connectivity index (χ0v) is 16.5. The Balaban J connectivity index is 1.79. The lowest BCUT2D eigenvalue weighted by Crippen LogP contribution is -2.30. The highest BCUT2D eigenvalue weighted by molar-refractivity contribution is 6.31. The van der Waals surface area contributed by atoms with E-state index in [0.29, 0.717) is 34.2 Å². The van der Waals surface area contributed by atoms with Gasteiger partial charge in [0, 0.05) is 22.5 Å². The van der Waals surface area contributed by atoms with Gasteiger partial charge in [0.15, 0.2) is 6.10 Å². The van der Waals surface area contributed by atoms with Crippen LogP contribution < -0.4 is 20.4 Å². The molecule has 0 spiro atoms. The first-order chi connectivity index (χ1) is 13.4. The molecule has 3 rings (SSSR count). The molecule has 0 fully saturated rings. The average molecular weight is 402 g/mol. The molecule has 0 aliphatic carbocycles. The first kappa shape index (κ1) is 19.8. The molecule has 146 valence electrons. The molecule has 1 aromatic heterocycles. The maximum atomic E-state index is 12.5. The summed E-state index contributed by atoms with van der Waals surface area (Å²) in [4.78, 5) is 24.2. The minimum absolute atomic E-state index is 0.371. The Morgan fingerprint density at radius 2 is 2.00 bits per heavy atom. The highest BCUT2D eigenvalue weighted by atomic mass is 35.5. The van der Waals surface area contributed by atoms with Crippen molar-refractivity contribution in [3.63, 3.8) is 0 Å². The number of hydrogen-bond donors (Lipinski definition) is 1. The molecule has 1 amide bonds. The molecule has 6 nitrogen and oxygen atoms in total. The van der Waals surface area contributed by atoms with Crippen LogP contribution >= 0.6 is 11.6 Å². The lowest BCUT2D eigenvalue weighted by atomic mass is 10.1. The van der Waals surface area contributed by atoms with E-state index in [1.54, 1.807) is 37.3 Å². The number of halogens is 1. The molecule has 0 aliphatic heterocycles. The maximum Gasteiger partial charge on any atom is 0.336 e. The van der Waals surface area contributed by atoms with Crippen LogP contribution in [0.2, 0.25) is 5.02 Å². The molecule has 28 heavy (non-hydrogen) atoms. The smallest absolute Gasteiger partial charge is 0.336 e. The van der Waals surface area contributed by atoms with Crippen LogP contribution in [0.25, 0.3) is 11.0 Å². The van der Waals surface area contributed by atoms with Crippen LogP contribution in [0.5, 0.6) is 11.5 Å². The van der Waals surface area contributed by atoms with Gasteiger partial charge in [-0.15, -0.1) is 0 Å². The molecule has 1 heterocycles. The SMILES string of the molecule is CCc1cc(=O)oc2cc(OC(C)C(=O)Nc3cc(Cl)ccc3OC)ccc12. The molecule has 0 saturated heterocycles. The number of hydrogen-bond acceptors (Lipinski definition) is 5. The Hall–Kier alpha value is -2.99. The van der Waals surface area contributed by atoms with Crippen LogP contribution in [-0.4, -0.2) is 19.1 Å². The van der Waals surface area contributed by atoms with E-state index in [4.69, 9.17) is 25.5 Å². The topological polar surface area (TPSA) is 77.8 Å².